The van der Waals surface area contributed by atoms with E-state index in [9.17, 15) is 0 Å². The summed E-state index contributed by atoms with van der Waals surface area (Å²) in [6, 6.07) is 5.32. The predicted octanol–water partition coefficient (Wildman–Crippen LogP) is 3.99. The van der Waals surface area contributed by atoms with Crippen LogP contribution in [0.2, 0.25) is 10.0 Å². The quantitative estimate of drug-likeness (QED) is 0.799. The molecule has 1 aromatic carbocycles. The van der Waals surface area contributed by atoms with E-state index in [1.807, 2.05) is 13.0 Å². The van der Waals surface area contributed by atoms with E-state index in [0.717, 1.165) is 9.13 Å². The van der Waals surface area contributed by atoms with Gasteiger partial charge in [0.2, 0.25) is 0 Å². The summed E-state index contributed by atoms with van der Waals surface area (Å²) in [5.41, 5.74) is 6.85. The van der Waals surface area contributed by atoms with Crippen LogP contribution in [0.25, 0.3) is 0 Å². The van der Waals surface area contributed by atoms with Gasteiger partial charge in [-0.05, 0) is 53.3 Å². The largest absolute Gasteiger partial charge is 0.383 e. The van der Waals surface area contributed by atoms with Gasteiger partial charge in [0.1, 0.15) is 5.82 Å². The fourth-order valence-corrected chi connectivity index (χ4v) is 2.45. The highest BCUT2D eigenvalue weighted by Crippen LogP contribution is 2.30. The zero-order valence-corrected chi connectivity index (χ0v) is 12.7. The van der Waals surface area contributed by atoms with E-state index in [4.69, 9.17) is 28.9 Å². The molecule has 2 N–H and O–H groups in total. The third-order valence-electron chi connectivity index (χ3n) is 2.56. The molecule has 90 valence electrons. The Morgan fingerprint density at radius 3 is 2.71 bits per heavy atom. The van der Waals surface area contributed by atoms with Crippen molar-refractivity contribution in [2.75, 3.05) is 5.73 Å². The van der Waals surface area contributed by atoms with Gasteiger partial charge in [-0.15, -0.1) is 0 Å². The maximum absolute atomic E-state index is 6.16. The Hall–Kier alpha value is -0.460. The first kappa shape index (κ1) is 13.0. The van der Waals surface area contributed by atoms with Crippen LogP contribution in [0.15, 0.2) is 24.4 Å². The van der Waals surface area contributed by atoms with Gasteiger partial charge in [-0.25, -0.2) is 4.68 Å². The minimum atomic E-state index is -0.0512. The molecule has 0 aliphatic heterocycles. The summed E-state index contributed by atoms with van der Waals surface area (Å²) in [4.78, 5) is 0. The molecular weight excluding hydrogens is 372 g/mol. The van der Waals surface area contributed by atoms with Crippen molar-refractivity contribution in [2.45, 2.75) is 13.0 Å². The number of halogens is 3. The lowest BCUT2D eigenvalue weighted by molar-refractivity contribution is 0.573. The number of hydrogen-bond donors (Lipinski definition) is 1. The standard InChI is InChI=1S/C11H10Cl2IN3/c1-6(17-11(15)10(14)5-16-17)8-4-7(12)2-3-9(8)13/h2-6H,15H2,1H3. The van der Waals surface area contributed by atoms with Crippen molar-refractivity contribution in [2.24, 2.45) is 0 Å². The first-order valence-corrected chi connectivity index (χ1v) is 6.77. The molecule has 1 atom stereocenters. The molecule has 0 fully saturated rings. The SMILES string of the molecule is CC(c1cc(Cl)ccc1Cl)n1ncc(I)c1N. The van der Waals surface area contributed by atoms with Crippen molar-refractivity contribution in [3.63, 3.8) is 0 Å². The van der Waals surface area contributed by atoms with Gasteiger partial charge in [-0.2, -0.15) is 5.10 Å². The first-order chi connectivity index (χ1) is 8.00. The lowest BCUT2D eigenvalue weighted by Crippen LogP contribution is -2.12. The summed E-state index contributed by atoms with van der Waals surface area (Å²) in [6.45, 7) is 1.98. The van der Waals surface area contributed by atoms with Gasteiger partial charge in [-0.1, -0.05) is 23.2 Å². The van der Waals surface area contributed by atoms with E-state index in [1.54, 1.807) is 23.0 Å². The molecule has 0 aliphatic rings. The summed E-state index contributed by atoms with van der Waals surface area (Å²) >= 11 is 14.3. The molecule has 0 radical (unpaired) electrons. The first-order valence-electron chi connectivity index (χ1n) is 4.94. The minimum absolute atomic E-state index is 0.0512. The molecular formula is C11H10Cl2IN3. The number of nitrogen functional groups attached to an aromatic ring is 1. The average molecular weight is 382 g/mol. The molecule has 1 unspecified atom stereocenters. The second-order valence-electron chi connectivity index (χ2n) is 3.66. The van der Waals surface area contributed by atoms with Crippen LogP contribution in [-0.4, -0.2) is 9.78 Å². The lowest BCUT2D eigenvalue weighted by atomic mass is 10.1. The van der Waals surface area contributed by atoms with Gasteiger partial charge in [0.15, 0.2) is 0 Å². The summed E-state index contributed by atoms with van der Waals surface area (Å²) < 4.78 is 2.66. The van der Waals surface area contributed by atoms with Gasteiger partial charge < -0.3 is 5.73 Å². The second-order valence-corrected chi connectivity index (χ2v) is 5.67. The molecule has 0 saturated heterocycles. The van der Waals surface area contributed by atoms with E-state index in [2.05, 4.69) is 27.7 Å². The van der Waals surface area contributed by atoms with Gasteiger partial charge in [0.05, 0.1) is 15.8 Å². The summed E-state index contributed by atoms with van der Waals surface area (Å²) in [5.74, 6) is 0.633. The smallest absolute Gasteiger partial charge is 0.135 e. The van der Waals surface area contributed by atoms with Gasteiger partial charge in [-0.3, -0.25) is 0 Å². The zero-order chi connectivity index (χ0) is 12.6. The fraction of sp³-hybridized carbons (Fsp3) is 0.182. The Kier molecular flexibility index (Phi) is 3.85. The highest BCUT2D eigenvalue weighted by molar-refractivity contribution is 14.1. The fourth-order valence-electron chi connectivity index (χ4n) is 1.63. The van der Waals surface area contributed by atoms with E-state index < -0.39 is 0 Å². The third-order valence-corrected chi connectivity index (χ3v) is 3.97. The number of nitrogens with two attached hydrogens (primary N) is 1. The van der Waals surface area contributed by atoms with Crippen molar-refractivity contribution < 1.29 is 0 Å². The Morgan fingerprint density at radius 2 is 2.12 bits per heavy atom. The van der Waals surface area contributed by atoms with Crippen LogP contribution in [-0.2, 0) is 0 Å². The Morgan fingerprint density at radius 1 is 1.41 bits per heavy atom. The van der Waals surface area contributed by atoms with Crippen molar-refractivity contribution in [1.82, 2.24) is 9.78 Å². The second kappa shape index (κ2) is 5.04. The number of rotatable bonds is 2. The van der Waals surface area contributed by atoms with Crippen LogP contribution < -0.4 is 5.73 Å². The minimum Gasteiger partial charge on any atom is -0.383 e. The van der Waals surface area contributed by atoms with E-state index >= 15 is 0 Å². The number of nitrogens with zero attached hydrogens (tertiary/aromatic N) is 2. The van der Waals surface area contributed by atoms with Gasteiger partial charge in [0, 0.05) is 10.0 Å². The monoisotopic (exact) mass is 381 g/mol. The molecule has 17 heavy (non-hydrogen) atoms. The summed E-state index contributed by atoms with van der Waals surface area (Å²) in [6.07, 6.45) is 1.73. The van der Waals surface area contributed by atoms with Crippen LogP contribution in [0.3, 0.4) is 0 Å². The van der Waals surface area contributed by atoms with Gasteiger partial charge >= 0.3 is 0 Å². The Labute approximate surface area is 123 Å². The molecule has 0 amide bonds. The molecule has 0 bridgehead atoms. The number of benzene rings is 1. The summed E-state index contributed by atoms with van der Waals surface area (Å²) in [7, 11) is 0. The summed E-state index contributed by atoms with van der Waals surface area (Å²) in [5, 5.41) is 5.55. The van der Waals surface area contributed by atoms with Crippen LogP contribution in [0.1, 0.15) is 18.5 Å². The molecule has 2 rings (SSSR count). The predicted molar refractivity (Wildman–Crippen MR) is 79.6 cm³/mol. The normalized spacial score (nSPS) is 12.7. The van der Waals surface area contributed by atoms with Crippen molar-refractivity contribution in [1.29, 1.82) is 0 Å². The Balaban J connectivity index is 2.47. The van der Waals surface area contributed by atoms with E-state index in [0.29, 0.717) is 15.9 Å². The highest BCUT2D eigenvalue weighted by atomic mass is 127. The number of anilines is 1. The molecule has 3 nitrogen and oxygen atoms in total. The van der Waals surface area contributed by atoms with E-state index in [-0.39, 0.29) is 6.04 Å². The third kappa shape index (κ3) is 2.53. The van der Waals surface area contributed by atoms with Crippen molar-refractivity contribution in [3.05, 3.63) is 43.6 Å². The maximum Gasteiger partial charge on any atom is 0.135 e. The van der Waals surface area contributed by atoms with Crippen LogP contribution in [0.5, 0.6) is 0 Å². The van der Waals surface area contributed by atoms with E-state index in [1.165, 1.54) is 0 Å². The number of hydrogen-bond acceptors (Lipinski definition) is 2. The lowest BCUT2D eigenvalue weighted by Gasteiger charge is -2.16. The average Bonchev–Trinajstić information content (AvgIpc) is 2.62. The topological polar surface area (TPSA) is 43.8 Å². The van der Waals surface area contributed by atoms with Crippen LogP contribution in [0.4, 0.5) is 5.82 Å². The Bertz CT molecular complexity index is 554. The molecule has 0 spiro atoms. The van der Waals surface area contributed by atoms with Crippen LogP contribution >= 0.6 is 45.8 Å². The van der Waals surface area contributed by atoms with Gasteiger partial charge in [0.25, 0.3) is 0 Å². The van der Waals surface area contributed by atoms with Crippen LogP contribution in [0, 0.1) is 3.57 Å². The molecule has 1 aromatic heterocycles. The molecule has 0 saturated carbocycles. The zero-order valence-electron chi connectivity index (χ0n) is 8.99. The maximum atomic E-state index is 6.16. The highest BCUT2D eigenvalue weighted by Gasteiger charge is 2.16. The molecule has 6 heteroatoms. The molecule has 1 heterocycles. The molecule has 0 aliphatic carbocycles. The molecule has 2 aromatic rings. The van der Waals surface area contributed by atoms with Crippen molar-refractivity contribution in [3.8, 4) is 0 Å². The number of aromatic nitrogens is 2. The van der Waals surface area contributed by atoms with Crippen molar-refractivity contribution >= 4 is 51.6 Å².